The van der Waals surface area contributed by atoms with E-state index in [-0.39, 0.29) is 17.9 Å². The van der Waals surface area contributed by atoms with Crippen LogP contribution in [0.4, 0.5) is 0 Å². The van der Waals surface area contributed by atoms with E-state index < -0.39 is 9.84 Å². The summed E-state index contributed by atoms with van der Waals surface area (Å²) in [5.74, 6) is 0. The van der Waals surface area contributed by atoms with Crippen LogP contribution in [0.2, 0.25) is 0 Å². The molecule has 0 spiro atoms. The normalized spacial score (nSPS) is 26.0. The molecule has 2 atom stereocenters. The summed E-state index contributed by atoms with van der Waals surface area (Å²) in [4.78, 5) is 0. The van der Waals surface area contributed by atoms with Crippen LogP contribution in [0.5, 0.6) is 0 Å². The van der Waals surface area contributed by atoms with Crippen molar-refractivity contribution in [3.63, 3.8) is 0 Å². The highest BCUT2D eigenvalue weighted by molar-refractivity contribution is 7.91. The van der Waals surface area contributed by atoms with Crippen LogP contribution in [0.1, 0.15) is 37.3 Å². The van der Waals surface area contributed by atoms with Crippen molar-refractivity contribution in [2.24, 2.45) is 0 Å². The van der Waals surface area contributed by atoms with Gasteiger partial charge in [0, 0.05) is 18.0 Å². The summed E-state index contributed by atoms with van der Waals surface area (Å²) >= 11 is 0. The van der Waals surface area contributed by atoms with Gasteiger partial charge in [0.2, 0.25) is 0 Å². The molecule has 96 valence electrons. The molecule has 0 amide bonds. The zero-order valence-corrected chi connectivity index (χ0v) is 10.7. The molecule has 1 N–H and O–H groups in total. The number of sulfone groups is 1. The van der Waals surface area contributed by atoms with Crippen LogP contribution in [0, 0.1) is 0 Å². The molecular weight excluding hydrogens is 240 g/mol. The van der Waals surface area contributed by atoms with Gasteiger partial charge in [0.1, 0.15) is 9.84 Å². The van der Waals surface area contributed by atoms with Crippen LogP contribution in [0.25, 0.3) is 0 Å². The second kappa shape index (κ2) is 4.78. The van der Waals surface area contributed by atoms with Gasteiger partial charge in [-0.25, -0.2) is 8.42 Å². The molecule has 1 saturated carbocycles. The lowest BCUT2D eigenvalue weighted by atomic mass is 9.95. The molecule has 0 bridgehead atoms. The molecule has 1 aromatic rings. The first kappa shape index (κ1) is 12.6. The Morgan fingerprint density at radius 3 is 2.88 bits per heavy atom. The Kier molecular flexibility index (Phi) is 3.53. The molecule has 2 unspecified atom stereocenters. The predicted molar refractivity (Wildman–Crippen MR) is 64.3 cm³/mol. The molecule has 1 fully saturated rings. The van der Waals surface area contributed by atoms with Gasteiger partial charge in [-0.3, -0.25) is 4.68 Å². The number of aliphatic hydroxyl groups is 1. The van der Waals surface area contributed by atoms with Crippen LogP contribution >= 0.6 is 0 Å². The fourth-order valence-corrected chi connectivity index (χ4v) is 3.57. The lowest BCUT2D eigenvalue weighted by Crippen LogP contribution is -2.29. The first-order chi connectivity index (χ1) is 8.00. The largest absolute Gasteiger partial charge is 0.392 e. The molecule has 1 aromatic heterocycles. The van der Waals surface area contributed by atoms with Crippen molar-refractivity contribution >= 4 is 9.84 Å². The van der Waals surface area contributed by atoms with E-state index in [1.807, 2.05) is 0 Å². The Hall–Kier alpha value is -0.880. The average molecular weight is 258 g/mol. The SMILES string of the molecule is CS(=O)(=O)C1CCCC(n2cc(CO)cn2)C1. The first-order valence-electron chi connectivity index (χ1n) is 5.83. The molecular formula is C11H18N2O3S. The summed E-state index contributed by atoms with van der Waals surface area (Å²) in [7, 11) is -2.96. The molecule has 0 radical (unpaired) electrons. The minimum Gasteiger partial charge on any atom is -0.392 e. The van der Waals surface area contributed by atoms with Gasteiger partial charge in [0.05, 0.1) is 24.1 Å². The minimum absolute atomic E-state index is 0.0256. The number of hydrogen-bond acceptors (Lipinski definition) is 4. The highest BCUT2D eigenvalue weighted by Crippen LogP contribution is 2.31. The van der Waals surface area contributed by atoms with Crippen molar-refractivity contribution in [2.75, 3.05) is 6.26 Å². The Labute approximate surface area is 101 Å². The molecule has 5 nitrogen and oxygen atoms in total. The van der Waals surface area contributed by atoms with Gasteiger partial charge in [0.15, 0.2) is 0 Å². The second-order valence-corrected chi connectivity index (χ2v) is 7.08. The molecule has 6 heteroatoms. The topological polar surface area (TPSA) is 72.2 Å². The van der Waals surface area contributed by atoms with Crippen molar-refractivity contribution < 1.29 is 13.5 Å². The van der Waals surface area contributed by atoms with E-state index in [9.17, 15) is 8.42 Å². The Morgan fingerprint density at radius 1 is 1.53 bits per heavy atom. The van der Waals surface area contributed by atoms with E-state index in [0.717, 1.165) is 24.8 Å². The van der Waals surface area contributed by atoms with Crippen molar-refractivity contribution in [1.29, 1.82) is 0 Å². The fourth-order valence-electron chi connectivity index (χ4n) is 2.41. The van der Waals surface area contributed by atoms with Crippen LogP contribution in [-0.2, 0) is 16.4 Å². The molecule has 1 heterocycles. The second-order valence-electron chi connectivity index (χ2n) is 4.76. The van der Waals surface area contributed by atoms with Gasteiger partial charge in [-0.05, 0) is 19.3 Å². The van der Waals surface area contributed by atoms with Crippen LogP contribution in [0.3, 0.4) is 0 Å². The van der Waals surface area contributed by atoms with Crippen molar-refractivity contribution in [2.45, 2.75) is 43.6 Å². The van der Waals surface area contributed by atoms with Crippen molar-refractivity contribution in [3.8, 4) is 0 Å². The van der Waals surface area contributed by atoms with Crippen LogP contribution in [0.15, 0.2) is 12.4 Å². The van der Waals surface area contributed by atoms with E-state index in [1.165, 1.54) is 6.26 Å². The number of rotatable bonds is 3. The molecule has 1 aliphatic rings. The van der Waals surface area contributed by atoms with E-state index >= 15 is 0 Å². The Balaban J connectivity index is 2.12. The molecule has 17 heavy (non-hydrogen) atoms. The fraction of sp³-hybridized carbons (Fsp3) is 0.727. The molecule has 0 aliphatic heterocycles. The third-order valence-corrected chi connectivity index (χ3v) is 5.05. The summed E-state index contributed by atoms with van der Waals surface area (Å²) in [6, 6.07) is 0.142. The molecule has 2 rings (SSSR count). The molecule has 0 aromatic carbocycles. The quantitative estimate of drug-likeness (QED) is 0.874. The van der Waals surface area contributed by atoms with E-state index in [0.29, 0.717) is 6.42 Å². The standard InChI is InChI=1S/C11H18N2O3S/c1-17(15,16)11-4-2-3-10(5-11)13-7-9(8-14)6-12-13/h6-7,10-11,14H,2-5,8H2,1H3. The summed E-state index contributed by atoms with van der Waals surface area (Å²) in [5.41, 5.74) is 0.770. The van der Waals surface area contributed by atoms with Crippen molar-refractivity contribution in [1.82, 2.24) is 9.78 Å². The van der Waals surface area contributed by atoms with Crippen molar-refractivity contribution in [3.05, 3.63) is 18.0 Å². The maximum Gasteiger partial charge on any atom is 0.150 e. The Morgan fingerprint density at radius 2 is 2.29 bits per heavy atom. The van der Waals surface area contributed by atoms with Gasteiger partial charge in [0.25, 0.3) is 0 Å². The summed E-state index contributed by atoms with van der Waals surface area (Å²) in [5, 5.41) is 12.9. The molecule has 0 saturated heterocycles. The van der Waals surface area contributed by atoms with Crippen LogP contribution < -0.4 is 0 Å². The minimum atomic E-state index is -2.96. The summed E-state index contributed by atoms with van der Waals surface area (Å²) < 4.78 is 24.9. The average Bonchev–Trinajstić information content (AvgIpc) is 2.76. The van der Waals surface area contributed by atoms with Crippen LogP contribution in [-0.4, -0.2) is 34.8 Å². The first-order valence-corrected chi connectivity index (χ1v) is 7.79. The van der Waals surface area contributed by atoms with Gasteiger partial charge in [-0.15, -0.1) is 0 Å². The zero-order valence-electron chi connectivity index (χ0n) is 9.91. The Bertz CT molecular complexity index is 481. The van der Waals surface area contributed by atoms with E-state index in [2.05, 4.69) is 5.10 Å². The highest BCUT2D eigenvalue weighted by Gasteiger charge is 2.29. The maximum atomic E-state index is 11.6. The van der Waals surface area contributed by atoms with E-state index in [4.69, 9.17) is 5.11 Å². The lowest BCUT2D eigenvalue weighted by Gasteiger charge is -2.28. The zero-order chi connectivity index (χ0) is 12.5. The van der Waals surface area contributed by atoms with Gasteiger partial charge < -0.3 is 5.11 Å². The molecule has 1 aliphatic carbocycles. The number of hydrogen-bond donors (Lipinski definition) is 1. The smallest absolute Gasteiger partial charge is 0.150 e. The van der Waals surface area contributed by atoms with E-state index in [1.54, 1.807) is 17.1 Å². The summed E-state index contributed by atoms with van der Waals surface area (Å²) in [6.07, 6.45) is 7.99. The number of aromatic nitrogens is 2. The maximum absolute atomic E-state index is 11.6. The highest BCUT2D eigenvalue weighted by atomic mass is 32.2. The number of aliphatic hydroxyl groups excluding tert-OH is 1. The van der Waals surface area contributed by atoms with Gasteiger partial charge >= 0.3 is 0 Å². The lowest BCUT2D eigenvalue weighted by molar-refractivity contribution is 0.280. The predicted octanol–water partition coefficient (Wildman–Crippen LogP) is 0.904. The third-order valence-electron chi connectivity index (χ3n) is 3.42. The number of nitrogens with zero attached hydrogens (tertiary/aromatic N) is 2. The van der Waals surface area contributed by atoms with Gasteiger partial charge in [-0.2, -0.15) is 5.10 Å². The monoisotopic (exact) mass is 258 g/mol. The van der Waals surface area contributed by atoms with Gasteiger partial charge in [-0.1, -0.05) is 6.42 Å². The summed E-state index contributed by atoms with van der Waals surface area (Å²) in [6.45, 7) is -0.0256. The third kappa shape index (κ3) is 2.87.